The zero-order chi connectivity index (χ0) is 15.7. The Morgan fingerprint density at radius 3 is 1.95 bits per heavy atom. The normalized spacial score (nSPS) is 17.2. The number of likely N-dealkylation sites (tertiary alicyclic amines) is 1. The predicted octanol–water partition coefficient (Wildman–Crippen LogP) is 4.26. The summed E-state index contributed by atoms with van der Waals surface area (Å²) in [5.74, 6) is 1.89. The molecular weight excluding hydrogens is 274 g/mol. The van der Waals surface area contributed by atoms with Crippen LogP contribution in [-0.2, 0) is 0 Å². The minimum atomic E-state index is 0.799. The van der Waals surface area contributed by atoms with Gasteiger partial charge in [0.15, 0.2) is 0 Å². The lowest BCUT2D eigenvalue weighted by molar-refractivity contribution is -0.914. The number of unbranched alkanes of at least 4 members (excludes halogenated alkanes) is 1. The van der Waals surface area contributed by atoms with E-state index in [4.69, 9.17) is 9.47 Å². The van der Waals surface area contributed by atoms with E-state index >= 15 is 0 Å². The van der Waals surface area contributed by atoms with Crippen LogP contribution in [0.3, 0.4) is 0 Å². The molecule has 0 aliphatic carbocycles. The van der Waals surface area contributed by atoms with Crippen molar-refractivity contribution in [1.29, 1.82) is 0 Å². The van der Waals surface area contributed by atoms with Crippen molar-refractivity contribution in [3.8, 4) is 11.5 Å². The van der Waals surface area contributed by atoms with Gasteiger partial charge in [0, 0.05) is 6.42 Å². The van der Waals surface area contributed by atoms with Gasteiger partial charge in [-0.2, -0.15) is 0 Å². The van der Waals surface area contributed by atoms with Gasteiger partial charge in [-0.25, -0.2) is 0 Å². The van der Waals surface area contributed by atoms with Crippen molar-refractivity contribution in [2.24, 2.45) is 0 Å². The van der Waals surface area contributed by atoms with E-state index in [2.05, 4.69) is 14.0 Å². The highest BCUT2D eigenvalue weighted by Gasteiger charge is 2.23. The quantitative estimate of drug-likeness (QED) is 0.501. The van der Waals surface area contributed by atoms with Gasteiger partial charge in [-0.15, -0.1) is 0 Å². The molecule has 2 rings (SSSR count). The lowest BCUT2D eigenvalue weighted by atomic mass is 10.1. The minimum Gasteiger partial charge on any atom is -0.494 e. The first-order valence-electron chi connectivity index (χ1n) is 8.91. The highest BCUT2D eigenvalue weighted by atomic mass is 16.5. The number of rotatable bonds is 9. The van der Waals surface area contributed by atoms with Crippen LogP contribution in [0.5, 0.6) is 11.5 Å². The van der Waals surface area contributed by atoms with E-state index in [1.165, 1.54) is 49.8 Å². The summed E-state index contributed by atoms with van der Waals surface area (Å²) < 4.78 is 12.7. The molecule has 22 heavy (non-hydrogen) atoms. The van der Waals surface area contributed by atoms with E-state index in [-0.39, 0.29) is 0 Å². The highest BCUT2D eigenvalue weighted by molar-refractivity contribution is 5.31. The van der Waals surface area contributed by atoms with Crippen molar-refractivity contribution in [3.63, 3.8) is 0 Å². The predicted molar refractivity (Wildman–Crippen MR) is 91.6 cm³/mol. The van der Waals surface area contributed by atoms with Gasteiger partial charge in [0.1, 0.15) is 11.5 Å². The molecule has 0 saturated carbocycles. The molecule has 1 aromatic rings. The number of ether oxygens (including phenoxy) is 2. The molecule has 1 aromatic carbocycles. The van der Waals surface area contributed by atoms with E-state index in [0.29, 0.717) is 0 Å². The number of benzene rings is 1. The van der Waals surface area contributed by atoms with Crippen molar-refractivity contribution >= 4 is 0 Å². The molecule has 0 bridgehead atoms. The summed E-state index contributed by atoms with van der Waals surface area (Å²) >= 11 is 0. The van der Waals surface area contributed by atoms with E-state index in [0.717, 1.165) is 37.6 Å². The largest absolute Gasteiger partial charge is 0.494 e. The second kappa shape index (κ2) is 9.04. The second-order valence-corrected chi connectivity index (χ2v) is 6.73. The molecule has 124 valence electrons. The third kappa shape index (κ3) is 5.88. The molecule has 0 N–H and O–H groups in total. The lowest BCUT2D eigenvalue weighted by Gasteiger charge is -2.37. The molecule has 0 spiro atoms. The molecule has 1 saturated heterocycles. The van der Waals surface area contributed by atoms with E-state index < -0.39 is 0 Å². The third-order valence-corrected chi connectivity index (χ3v) is 4.60. The van der Waals surface area contributed by atoms with Gasteiger partial charge >= 0.3 is 0 Å². The Kier molecular flexibility index (Phi) is 7.04. The fraction of sp³-hybridized carbons (Fsp3) is 0.684. The van der Waals surface area contributed by atoms with Crippen LogP contribution in [0, 0.1) is 0 Å². The minimum absolute atomic E-state index is 0.799. The molecular formula is C19H32NO2+. The van der Waals surface area contributed by atoms with E-state index in [1.54, 1.807) is 0 Å². The van der Waals surface area contributed by atoms with Gasteiger partial charge in [0.2, 0.25) is 0 Å². The van der Waals surface area contributed by atoms with Crippen LogP contribution in [0.1, 0.15) is 45.4 Å². The van der Waals surface area contributed by atoms with Crippen molar-refractivity contribution < 1.29 is 14.0 Å². The molecule has 3 nitrogen and oxygen atoms in total. The fourth-order valence-electron chi connectivity index (χ4n) is 3.10. The number of quaternary nitrogens is 1. The summed E-state index contributed by atoms with van der Waals surface area (Å²) in [6.45, 7) is 7.69. The molecule has 0 atom stereocenters. The molecule has 0 amide bonds. The van der Waals surface area contributed by atoms with Crippen LogP contribution in [0.25, 0.3) is 0 Å². The number of hydrogen-bond acceptors (Lipinski definition) is 2. The standard InChI is InChI=1S/C19H32NO2/c1-3-4-16-21-18-9-11-19(12-10-18)22-17-8-15-20(2)13-6-5-7-14-20/h9-12H,3-8,13-17H2,1-2H3/q+1. The molecule has 1 aliphatic heterocycles. The molecule has 1 aliphatic rings. The van der Waals surface area contributed by atoms with E-state index in [1.807, 2.05) is 24.3 Å². The second-order valence-electron chi connectivity index (χ2n) is 6.73. The maximum atomic E-state index is 5.86. The van der Waals surface area contributed by atoms with Crippen LogP contribution < -0.4 is 9.47 Å². The average Bonchev–Trinajstić information content (AvgIpc) is 2.54. The Hall–Kier alpha value is -1.22. The van der Waals surface area contributed by atoms with Gasteiger partial charge in [-0.05, 0) is 49.9 Å². The number of nitrogens with zero attached hydrogens (tertiary/aromatic N) is 1. The molecule has 0 unspecified atom stereocenters. The smallest absolute Gasteiger partial charge is 0.119 e. The van der Waals surface area contributed by atoms with Crippen LogP contribution >= 0.6 is 0 Å². The summed E-state index contributed by atoms with van der Waals surface area (Å²) in [5.41, 5.74) is 0. The third-order valence-electron chi connectivity index (χ3n) is 4.60. The van der Waals surface area contributed by atoms with Crippen LogP contribution in [0.4, 0.5) is 0 Å². The summed E-state index contributed by atoms with van der Waals surface area (Å²) in [4.78, 5) is 0. The number of hydrogen-bond donors (Lipinski definition) is 0. The SMILES string of the molecule is CCCCOc1ccc(OCCC[N+]2(C)CCCCC2)cc1. The Labute approximate surface area is 135 Å². The summed E-state index contributed by atoms with van der Waals surface area (Å²) in [6, 6.07) is 8.03. The van der Waals surface area contributed by atoms with Gasteiger partial charge in [-0.1, -0.05) is 13.3 Å². The topological polar surface area (TPSA) is 18.5 Å². The van der Waals surface area contributed by atoms with Crippen LogP contribution in [0.2, 0.25) is 0 Å². The average molecular weight is 306 g/mol. The first-order chi connectivity index (χ1) is 10.7. The van der Waals surface area contributed by atoms with Gasteiger partial charge in [0.05, 0.1) is 39.9 Å². The lowest BCUT2D eigenvalue weighted by Crippen LogP contribution is -2.48. The van der Waals surface area contributed by atoms with Crippen molar-refractivity contribution in [2.75, 3.05) is 39.9 Å². The maximum absolute atomic E-state index is 5.86. The Balaban J connectivity index is 1.64. The summed E-state index contributed by atoms with van der Waals surface area (Å²) in [7, 11) is 2.39. The monoisotopic (exact) mass is 306 g/mol. The Bertz CT molecular complexity index is 410. The first kappa shape index (κ1) is 17.1. The Morgan fingerprint density at radius 2 is 1.41 bits per heavy atom. The summed E-state index contributed by atoms with van der Waals surface area (Å²) in [6.07, 6.45) is 7.59. The molecule has 1 heterocycles. The zero-order valence-corrected chi connectivity index (χ0v) is 14.4. The summed E-state index contributed by atoms with van der Waals surface area (Å²) in [5, 5.41) is 0. The van der Waals surface area contributed by atoms with Crippen molar-refractivity contribution in [3.05, 3.63) is 24.3 Å². The maximum Gasteiger partial charge on any atom is 0.119 e. The highest BCUT2D eigenvalue weighted by Crippen LogP contribution is 2.19. The molecule has 1 fully saturated rings. The Morgan fingerprint density at radius 1 is 0.864 bits per heavy atom. The zero-order valence-electron chi connectivity index (χ0n) is 14.4. The molecule has 0 aromatic heterocycles. The first-order valence-corrected chi connectivity index (χ1v) is 8.91. The van der Waals surface area contributed by atoms with Crippen LogP contribution in [-0.4, -0.2) is 44.4 Å². The van der Waals surface area contributed by atoms with E-state index in [9.17, 15) is 0 Å². The van der Waals surface area contributed by atoms with Crippen LogP contribution in [0.15, 0.2) is 24.3 Å². The fourth-order valence-corrected chi connectivity index (χ4v) is 3.10. The van der Waals surface area contributed by atoms with Gasteiger partial charge in [0.25, 0.3) is 0 Å². The van der Waals surface area contributed by atoms with Crippen molar-refractivity contribution in [2.45, 2.75) is 45.4 Å². The van der Waals surface area contributed by atoms with Crippen molar-refractivity contribution in [1.82, 2.24) is 0 Å². The van der Waals surface area contributed by atoms with Gasteiger partial charge in [-0.3, -0.25) is 0 Å². The molecule has 0 radical (unpaired) electrons. The molecule has 3 heteroatoms. The van der Waals surface area contributed by atoms with Gasteiger partial charge < -0.3 is 14.0 Å². The number of piperidine rings is 1.